The van der Waals surface area contributed by atoms with E-state index < -0.39 is 11.6 Å². The van der Waals surface area contributed by atoms with Crippen LogP contribution in [0.3, 0.4) is 0 Å². The van der Waals surface area contributed by atoms with Crippen molar-refractivity contribution in [2.24, 2.45) is 0 Å². The van der Waals surface area contributed by atoms with Crippen molar-refractivity contribution < 1.29 is 18.3 Å². The number of nitrogens with zero attached hydrogens (tertiary/aromatic N) is 4. The summed E-state index contributed by atoms with van der Waals surface area (Å²) in [6, 6.07) is 7.00. The Bertz CT molecular complexity index is 851. The van der Waals surface area contributed by atoms with Crippen LogP contribution in [-0.2, 0) is 4.79 Å². The molecule has 0 spiro atoms. The van der Waals surface area contributed by atoms with Crippen LogP contribution in [0.2, 0.25) is 0 Å². The largest absolute Gasteiger partial charge is 0.497 e. The van der Waals surface area contributed by atoms with Gasteiger partial charge in [0.1, 0.15) is 28.9 Å². The van der Waals surface area contributed by atoms with Crippen LogP contribution in [0, 0.1) is 11.6 Å². The van der Waals surface area contributed by atoms with Gasteiger partial charge in [0.05, 0.1) is 13.2 Å². The van der Waals surface area contributed by atoms with Crippen LogP contribution >= 0.6 is 0 Å². The molecule has 2 aliphatic rings. The van der Waals surface area contributed by atoms with Gasteiger partial charge >= 0.3 is 0 Å². The van der Waals surface area contributed by atoms with E-state index in [9.17, 15) is 13.6 Å². The number of benzene rings is 1. The Morgan fingerprint density at radius 1 is 1.07 bits per heavy atom. The monoisotopic (exact) mass is 388 g/mol. The second kappa shape index (κ2) is 7.71. The Labute approximate surface area is 162 Å². The average molecular weight is 388 g/mol. The Hall–Kier alpha value is -2.74. The molecule has 6 nitrogen and oxygen atoms in total. The predicted octanol–water partition coefficient (Wildman–Crippen LogP) is 2.30. The van der Waals surface area contributed by atoms with Crippen molar-refractivity contribution in [2.45, 2.75) is 12.5 Å². The number of halogens is 2. The number of piperazine rings is 1. The van der Waals surface area contributed by atoms with Crippen molar-refractivity contribution in [3.63, 3.8) is 0 Å². The van der Waals surface area contributed by atoms with Gasteiger partial charge in [-0.25, -0.2) is 13.8 Å². The van der Waals surface area contributed by atoms with Gasteiger partial charge in [-0.15, -0.1) is 0 Å². The molecule has 2 saturated heterocycles. The smallest absolute Gasteiger partial charge is 0.244 e. The van der Waals surface area contributed by atoms with Crippen LogP contribution in [0.25, 0.3) is 0 Å². The lowest BCUT2D eigenvalue weighted by atomic mass is 10.1. The first-order chi connectivity index (χ1) is 13.6. The number of carbonyl (C=O) groups is 1. The van der Waals surface area contributed by atoms with Gasteiger partial charge in [0.25, 0.3) is 0 Å². The maximum absolute atomic E-state index is 14.1. The summed E-state index contributed by atoms with van der Waals surface area (Å²) >= 11 is 0. The van der Waals surface area contributed by atoms with Gasteiger partial charge in [-0.2, -0.15) is 0 Å². The molecule has 1 aromatic heterocycles. The summed E-state index contributed by atoms with van der Waals surface area (Å²) < 4.78 is 33.4. The van der Waals surface area contributed by atoms with Crippen molar-refractivity contribution in [1.82, 2.24) is 9.88 Å². The first-order valence-corrected chi connectivity index (χ1v) is 9.33. The van der Waals surface area contributed by atoms with Crippen molar-refractivity contribution in [2.75, 3.05) is 49.6 Å². The molecule has 2 aromatic rings. The van der Waals surface area contributed by atoms with Gasteiger partial charge in [0.15, 0.2) is 0 Å². The molecule has 0 radical (unpaired) electrons. The average Bonchev–Trinajstić information content (AvgIpc) is 3.09. The summed E-state index contributed by atoms with van der Waals surface area (Å²) in [5.74, 6) is -0.0597. The van der Waals surface area contributed by atoms with Crippen LogP contribution in [0.1, 0.15) is 6.42 Å². The number of ether oxygens (including phenoxy) is 1. The van der Waals surface area contributed by atoms with Crippen molar-refractivity contribution in [3.05, 3.63) is 48.2 Å². The van der Waals surface area contributed by atoms with Crippen LogP contribution in [0.15, 0.2) is 36.5 Å². The Morgan fingerprint density at radius 2 is 1.79 bits per heavy atom. The highest BCUT2D eigenvalue weighted by Gasteiger charge is 2.39. The number of methoxy groups -OCH3 is 1. The molecular formula is C20H22F2N4O2. The lowest BCUT2D eigenvalue weighted by Crippen LogP contribution is -2.52. The number of anilines is 2. The second-order valence-corrected chi connectivity index (χ2v) is 6.94. The molecule has 0 bridgehead atoms. The highest BCUT2D eigenvalue weighted by Crippen LogP contribution is 2.30. The molecule has 0 aliphatic carbocycles. The van der Waals surface area contributed by atoms with Crippen LogP contribution in [-0.4, -0.2) is 61.7 Å². The van der Waals surface area contributed by atoms with Gasteiger partial charge in [0, 0.05) is 45.0 Å². The Kier molecular flexibility index (Phi) is 5.13. The van der Waals surface area contributed by atoms with E-state index in [-0.39, 0.29) is 17.6 Å². The second-order valence-electron chi connectivity index (χ2n) is 6.94. The van der Waals surface area contributed by atoms with E-state index >= 15 is 0 Å². The van der Waals surface area contributed by atoms with E-state index in [1.807, 2.05) is 6.07 Å². The maximum atomic E-state index is 14.1. The maximum Gasteiger partial charge on any atom is 0.244 e. The van der Waals surface area contributed by atoms with Gasteiger partial charge in [-0.05, 0) is 24.6 Å². The third-order valence-electron chi connectivity index (χ3n) is 5.42. The zero-order valence-corrected chi connectivity index (χ0v) is 15.6. The standard InChI is InChI=1S/C20H22F2N4O2/c1-28-14-5-7-23-18(13-14)25-11-9-24(10-12-25)17-6-8-26(20(17)27)19-15(21)3-2-4-16(19)22/h2-5,7,13,17H,6,8-12H2,1H3. The van der Waals surface area contributed by atoms with Gasteiger partial charge in [-0.3, -0.25) is 9.69 Å². The number of hydrogen-bond acceptors (Lipinski definition) is 5. The van der Waals surface area contributed by atoms with E-state index in [1.54, 1.807) is 19.4 Å². The first-order valence-electron chi connectivity index (χ1n) is 9.33. The molecule has 1 aromatic carbocycles. The lowest BCUT2D eigenvalue weighted by molar-refractivity contribution is -0.121. The number of amides is 1. The number of hydrogen-bond donors (Lipinski definition) is 0. The topological polar surface area (TPSA) is 48.9 Å². The van der Waals surface area contributed by atoms with Crippen molar-refractivity contribution in [1.29, 1.82) is 0 Å². The molecule has 2 fully saturated rings. The number of rotatable bonds is 4. The van der Waals surface area contributed by atoms with Crippen molar-refractivity contribution in [3.8, 4) is 5.75 Å². The number of aromatic nitrogens is 1. The minimum absolute atomic E-state index is 0.239. The molecule has 3 heterocycles. The zero-order valence-electron chi connectivity index (χ0n) is 15.6. The molecule has 4 rings (SSSR count). The molecule has 2 aliphatic heterocycles. The van der Waals surface area contributed by atoms with Gasteiger partial charge < -0.3 is 14.5 Å². The Balaban J connectivity index is 1.42. The molecule has 148 valence electrons. The number of carbonyl (C=O) groups excluding carboxylic acids is 1. The first kappa shape index (κ1) is 18.6. The quantitative estimate of drug-likeness (QED) is 0.805. The van der Waals surface area contributed by atoms with Gasteiger partial charge in [-0.1, -0.05) is 6.07 Å². The highest BCUT2D eigenvalue weighted by molar-refractivity contribution is 5.99. The molecule has 28 heavy (non-hydrogen) atoms. The van der Waals surface area contributed by atoms with E-state index in [2.05, 4.69) is 14.8 Å². The fourth-order valence-corrected chi connectivity index (χ4v) is 3.93. The summed E-state index contributed by atoms with van der Waals surface area (Å²) in [6.07, 6.45) is 2.27. The van der Waals surface area contributed by atoms with Crippen LogP contribution < -0.4 is 14.5 Å². The van der Waals surface area contributed by atoms with Crippen molar-refractivity contribution >= 4 is 17.4 Å². The molecule has 0 N–H and O–H groups in total. The molecule has 1 amide bonds. The van der Waals surface area contributed by atoms with E-state index in [4.69, 9.17) is 4.74 Å². The molecular weight excluding hydrogens is 366 g/mol. The molecule has 1 unspecified atom stereocenters. The van der Waals surface area contributed by atoms with E-state index in [0.29, 0.717) is 26.1 Å². The number of para-hydroxylation sites is 1. The van der Waals surface area contributed by atoms with Gasteiger partial charge in [0.2, 0.25) is 5.91 Å². The Morgan fingerprint density at radius 3 is 2.46 bits per heavy atom. The fourth-order valence-electron chi connectivity index (χ4n) is 3.93. The van der Waals surface area contributed by atoms with Crippen LogP contribution in [0.4, 0.5) is 20.3 Å². The van der Waals surface area contributed by atoms with Crippen LogP contribution in [0.5, 0.6) is 5.75 Å². The lowest BCUT2D eigenvalue weighted by Gasteiger charge is -2.37. The fraction of sp³-hybridized carbons (Fsp3) is 0.400. The summed E-state index contributed by atoms with van der Waals surface area (Å²) in [5, 5.41) is 0. The molecule has 8 heteroatoms. The zero-order chi connectivity index (χ0) is 19.7. The third-order valence-corrected chi connectivity index (χ3v) is 5.42. The number of pyridine rings is 1. The summed E-state index contributed by atoms with van der Waals surface area (Å²) in [4.78, 5) is 22.7. The predicted molar refractivity (Wildman–Crippen MR) is 102 cm³/mol. The van der Waals surface area contributed by atoms with E-state index in [1.165, 1.54) is 23.1 Å². The molecule has 1 atom stereocenters. The molecule has 0 saturated carbocycles. The normalized spacial score (nSPS) is 20.7. The summed E-state index contributed by atoms with van der Waals surface area (Å²) in [7, 11) is 1.62. The minimum Gasteiger partial charge on any atom is -0.497 e. The highest BCUT2D eigenvalue weighted by atomic mass is 19.1. The summed E-state index contributed by atoms with van der Waals surface area (Å²) in [6.45, 7) is 3.13. The minimum atomic E-state index is -0.706. The summed E-state index contributed by atoms with van der Waals surface area (Å²) in [5.41, 5.74) is -0.241. The third kappa shape index (κ3) is 3.40. The SMILES string of the molecule is COc1ccnc(N2CCN(C3CCN(c4c(F)cccc4F)C3=O)CC2)c1. The van der Waals surface area contributed by atoms with E-state index in [0.717, 1.165) is 24.7 Å².